The van der Waals surface area contributed by atoms with Gasteiger partial charge in [-0.25, -0.2) is 4.39 Å². The van der Waals surface area contributed by atoms with Gasteiger partial charge in [0, 0.05) is 13.0 Å². The SMILES string of the molecule is CNCCCC(=O)NCCc1ccc(F)c(C)c1. The predicted molar refractivity (Wildman–Crippen MR) is 71.0 cm³/mol. The Labute approximate surface area is 108 Å². The van der Waals surface area contributed by atoms with E-state index in [1.54, 1.807) is 13.0 Å². The highest BCUT2D eigenvalue weighted by atomic mass is 19.1. The number of hydrogen-bond acceptors (Lipinski definition) is 2. The number of halogens is 1. The molecule has 0 aliphatic heterocycles. The molecule has 0 spiro atoms. The lowest BCUT2D eigenvalue weighted by atomic mass is 10.1. The zero-order chi connectivity index (χ0) is 13.4. The third-order valence-corrected chi connectivity index (χ3v) is 2.79. The van der Waals surface area contributed by atoms with Gasteiger partial charge in [0.25, 0.3) is 0 Å². The quantitative estimate of drug-likeness (QED) is 0.726. The summed E-state index contributed by atoms with van der Waals surface area (Å²) in [5.74, 6) is -0.112. The molecule has 2 N–H and O–H groups in total. The highest BCUT2D eigenvalue weighted by Gasteiger charge is 2.02. The molecule has 3 nitrogen and oxygen atoms in total. The summed E-state index contributed by atoms with van der Waals surface area (Å²) >= 11 is 0. The lowest BCUT2D eigenvalue weighted by Crippen LogP contribution is -2.26. The van der Waals surface area contributed by atoms with Crippen LogP contribution in [0.25, 0.3) is 0 Å². The molecule has 18 heavy (non-hydrogen) atoms. The maximum absolute atomic E-state index is 13.0. The van der Waals surface area contributed by atoms with Crippen molar-refractivity contribution in [2.45, 2.75) is 26.2 Å². The van der Waals surface area contributed by atoms with Crippen LogP contribution in [0.3, 0.4) is 0 Å². The monoisotopic (exact) mass is 252 g/mol. The summed E-state index contributed by atoms with van der Waals surface area (Å²) in [5.41, 5.74) is 1.69. The van der Waals surface area contributed by atoms with Gasteiger partial charge in [-0.1, -0.05) is 12.1 Å². The van der Waals surface area contributed by atoms with E-state index in [0.29, 0.717) is 18.5 Å². The fraction of sp³-hybridized carbons (Fsp3) is 0.500. The van der Waals surface area contributed by atoms with Crippen LogP contribution >= 0.6 is 0 Å². The highest BCUT2D eigenvalue weighted by Crippen LogP contribution is 2.09. The summed E-state index contributed by atoms with van der Waals surface area (Å²) in [6.07, 6.45) is 2.13. The zero-order valence-corrected chi connectivity index (χ0v) is 11.1. The first-order valence-corrected chi connectivity index (χ1v) is 6.30. The van der Waals surface area contributed by atoms with Gasteiger partial charge in [0.15, 0.2) is 0 Å². The fourth-order valence-electron chi connectivity index (χ4n) is 1.72. The Bertz CT molecular complexity index is 393. The van der Waals surface area contributed by atoms with E-state index in [9.17, 15) is 9.18 Å². The summed E-state index contributed by atoms with van der Waals surface area (Å²) in [5, 5.41) is 5.86. The molecule has 0 atom stereocenters. The van der Waals surface area contributed by atoms with E-state index < -0.39 is 0 Å². The molecule has 1 amide bonds. The molecule has 0 aliphatic carbocycles. The average Bonchev–Trinajstić information content (AvgIpc) is 2.34. The summed E-state index contributed by atoms with van der Waals surface area (Å²) in [6, 6.07) is 5.05. The summed E-state index contributed by atoms with van der Waals surface area (Å²) < 4.78 is 13.0. The fourth-order valence-corrected chi connectivity index (χ4v) is 1.72. The Kier molecular flexibility index (Phi) is 6.36. The molecule has 0 fully saturated rings. The summed E-state index contributed by atoms with van der Waals surface area (Å²) in [7, 11) is 1.87. The molecular formula is C14H21FN2O. The van der Waals surface area contributed by atoms with Gasteiger partial charge in [0.1, 0.15) is 5.82 Å². The molecule has 0 radical (unpaired) electrons. The number of nitrogens with one attached hydrogen (secondary N) is 2. The van der Waals surface area contributed by atoms with Crippen molar-refractivity contribution in [1.82, 2.24) is 10.6 Å². The second kappa shape index (κ2) is 7.82. The molecular weight excluding hydrogens is 231 g/mol. The third-order valence-electron chi connectivity index (χ3n) is 2.79. The normalized spacial score (nSPS) is 10.4. The molecule has 0 aliphatic rings. The van der Waals surface area contributed by atoms with Crippen LogP contribution in [0.15, 0.2) is 18.2 Å². The first kappa shape index (κ1) is 14.6. The Morgan fingerprint density at radius 3 is 2.78 bits per heavy atom. The van der Waals surface area contributed by atoms with E-state index in [0.717, 1.165) is 24.9 Å². The van der Waals surface area contributed by atoms with Gasteiger partial charge in [-0.3, -0.25) is 4.79 Å². The van der Waals surface area contributed by atoms with Gasteiger partial charge < -0.3 is 10.6 Å². The number of carbonyl (C=O) groups excluding carboxylic acids is 1. The molecule has 0 saturated heterocycles. The second-order valence-electron chi connectivity index (χ2n) is 4.39. The van der Waals surface area contributed by atoms with Crippen molar-refractivity contribution in [3.05, 3.63) is 35.1 Å². The van der Waals surface area contributed by atoms with E-state index in [2.05, 4.69) is 10.6 Å². The molecule has 0 heterocycles. The Morgan fingerprint density at radius 1 is 1.33 bits per heavy atom. The molecule has 0 saturated carbocycles. The maximum Gasteiger partial charge on any atom is 0.220 e. The van der Waals surface area contributed by atoms with Gasteiger partial charge in [0.05, 0.1) is 0 Å². The zero-order valence-electron chi connectivity index (χ0n) is 11.1. The lowest BCUT2D eigenvalue weighted by molar-refractivity contribution is -0.121. The molecule has 100 valence electrons. The predicted octanol–water partition coefficient (Wildman–Crippen LogP) is 1.79. The van der Waals surface area contributed by atoms with Crippen LogP contribution in [0.1, 0.15) is 24.0 Å². The molecule has 0 aromatic heterocycles. The standard InChI is InChI=1S/C14H21FN2O/c1-11-10-12(5-6-13(11)15)7-9-17-14(18)4-3-8-16-2/h5-6,10,16H,3-4,7-9H2,1-2H3,(H,17,18). The van der Waals surface area contributed by atoms with Crippen molar-refractivity contribution in [3.8, 4) is 0 Å². The Hall–Kier alpha value is -1.42. The molecule has 1 aromatic carbocycles. The van der Waals surface area contributed by atoms with Crippen LogP contribution in [0.4, 0.5) is 4.39 Å². The average molecular weight is 252 g/mol. The highest BCUT2D eigenvalue weighted by molar-refractivity contribution is 5.75. The van der Waals surface area contributed by atoms with Gasteiger partial charge >= 0.3 is 0 Å². The van der Waals surface area contributed by atoms with Crippen molar-refractivity contribution in [2.24, 2.45) is 0 Å². The topological polar surface area (TPSA) is 41.1 Å². The van der Waals surface area contributed by atoms with Gasteiger partial charge in [-0.2, -0.15) is 0 Å². The van der Waals surface area contributed by atoms with Gasteiger partial charge in [-0.05, 0) is 50.6 Å². The molecule has 1 rings (SSSR count). The van der Waals surface area contributed by atoms with Crippen LogP contribution < -0.4 is 10.6 Å². The lowest BCUT2D eigenvalue weighted by Gasteiger charge is -2.06. The van der Waals surface area contributed by atoms with Crippen LogP contribution in [-0.4, -0.2) is 26.0 Å². The number of amides is 1. The number of benzene rings is 1. The third kappa shape index (κ3) is 5.27. The number of hydrogen-bond donors (Lipinski definition) is 2. The van der Waals surface area contributed by atoms with Crippen molar-refractivity contribution < 1.29 is 9.18 Å². The van der Waals surface area contributed by atoms with Crippen molar-refractivity contribution in [3.63, 3.8) is 0 Å². The second-order valence-corrected chi connectivity index (χ2v) is 4.39. The number of aryl methyl sites for hydroxylation is 1. The van der Waals surface area contributed by atoms with Crippen LogP contribution in [0, 0.1) is 12.7 Å². The van der Waals surface area contributed by atoms with E-state index >= 15 is 0 Å². The summed E-state index contributed by atoms with van der Waals surface area (Å²) in [4.78, 5) is 11.4. The minimum absolute atomic E-state index is 0.0732. The minimum atomic E-state index is -0.185. The van der Waals surface area contributed by atoms with E-state index in [1.807, 2.05) is 13.1 Å². The minimum Gasteiger partial charge on any atom is -0.356 e. The largest absolute Gasteiger partial charge is 0.356 e. The molecule has 1 aromatic rings. The van der Waals surface area contributed by atoms with Crippen LogP contribution in [0.2, 0.25) is 0 Å². The Balaban J connectivity index is 2.24. The first-order chi connectivity index (χ1) is 8.63. The van der Waals surface area contributed by atoms with Gasteiger partial charge in [-0.15, -0.1) is 0 Å². The molecule has 4 heteroatoms. The summed E-state index contributed by atoms with van der Waals surface area (Å²) in [6.45, 7) is 3.20. The van der Waals surface area contributed by atoms with Crippen LogP contribution in [0.5, 0.6) is 0 Å². The van der Waals surface area contributed by atoms with E-state index in [-0.39, 0.29) is 11.7 Å². The van der Waals surface area contributed by atoms with Crippen molar-refractivity contribution in [2.75, 3.05) is 20.1 Å². The maximum atomic E-state index is 13.0. The van der Waals surface area contributed by atoms with Crippen LogP contribution in [-0.2, 0) is 11.2 Å². The molecule has 0 unspecified atom stereocenters. The number of rotatable bonds is 7. The van der Waals surface area contributed by atoms with Crippen molar-refractivity contribution >= 4 is 5.91 Å². The Morgan fingerprint density at radius 2 is 2.11 bits per heavy atom. The van der Waals surface area contributed by atoms with Crippen molar-refractivity contribution in [1.29, 1.82) is 0 Å². The van der Waals surface area contributed by atoms with E-state index in [1.165, 1.54) is 6.07 Å². The smallest absolute Gasteiger partial charge is 0.220 e. The number of carbonyl (C=O) groups is 1. The van der Waals surface area contributed by atoms with Gasteiger partial charge in [0.2, 0.25) is 5.91 Å². The van der Waals surface area contributed by atoms with E-state index in [4.69, 9.17) is 0 Å². The molecule has 0 bridgehead atoms. The first-order valence-electron chi connectivity index (χ1n) is 6.30.